The average molecular weight is 264 g/mol. The van der Waals surface area contributed by atoms with Crippen LogP contribution in [0.15, 0.2) is 27.4 Å². The molecule has 0 saturated heterocycles. The average Bonchev–Trinajstić information content (AvgIpc) is 2.68. The maximum atomic E-state index is 11.3. The molecule has 1 aromatic carbocycles. The number of hydrogen-bond acceptors (Lipinski definition) is 4. The Bertz CT molecular complexity index is 669. The Morgan fingerprint density at radius 2 is 2.16 bits per heavy atom. The number of benzene rings is 1. The van der Waals surface area contributed by atoms with Gasteiger partial charge in [0.1, 0.15) is 0 Å². The summed E-state index contributed by atoms with van der Waals surface area (Å²) in [6.45, 7) is 3.30. The third-order valence-electron chi connectivity index (χ3n) is 3.34. The van der Waals surface area contributed by atoms with Crippen LogP contribution in [0.3, 0.4) is 0 Å². The zero-order valence-corrected chi connectivity index (χ0v) is 11.0. The van der Waals surface area contributed by atoms with Gasteiger partial charge >= 0.3 is 11.7 Å². The SMILES string of the molecule is CNC(c1ccc2oc(=O)[nH]c2c1)C(C)(C)C(=O)O. The Kier molecular flexibility index (Phi) is 3.20. The Balaban J connectivity index is 2.51. The number of H-pyrrole nitrogens is 1. The van der Waals surface area contributed by atoms with Gasteiger partial charge in [-0.1, -0.05) is 6.07 Å². The third kappa shape index (κ3) is 2.26. The van der Waals surface area contributed by atoms with Crippen molar-refractivity contribution in [1.82, 2.24) is 10.3 Å². The Morgan fingerprint density at radius 3 is 2.74 bits per heavy atom. The second-order valence-electron chi connectivity index (χ2n) is 5.02. The van der Waals surface area contributed by atoms with Crippen LogP contribution in [0.5, 0.6) is 0 Å². The highest BCUT2D eigenvalue weighted by atomic mass is 16.4. The molecule has 2 aromatic rings. The third-order valence-corrected chi connectivity index (χ3v) is 3.34. The fourth-order valence-corrected chi connectivity index (χ4v) is 2.22. The maximum Gasteiger partial charge on any atom is 0.417 e. The van der Waals surface area contributed by atoms with Crippen molar-refractivity contribution in [3.63, 3.8) is 0 Å². The van der Waals surface area contributed by atoms with Gasteiger partial charge in [0, 0.05) is 6.04 Å². The smallest absolute Gasteiger partial charge is 0.417 e. The summed E-state index contributed by atoms with van der Waals surface area (Å²) in [5.41, 5.74) is 0.812. The van der Waals surface area contributed by atoms with Gasteiger partial charge in [-0.05, 0) is 38.6 Å². The van der Waals surface area contributed by atoms with E-state index in [0.717, 1.165) is 5.56 Å². The van der Waals surface area contributed by atoms with Crippen LogP contribution in [-0.2, 0) is 4.79 Å². The predicted octanol–water partition coefficient (Wildman–Crippen LogP) is 1.49. The molecule has 0 saturated carbocycles. The van der Waals surface area contributed by atoms with Crippen LogP contribution in [0.4, 0.5) is 0 Å². The van der Waals surface area contributed by atoms with Crippen molar-refractivity contribution in [3.05, 3.63) is 34.3 Å². The number of aromatic amines is 1. The molecule has 19 heavy (non-hydrogen) atoms. The molecule has 0 fully saturated rings. The van der Waals surface area contributed by atoms with Crippen LogP contribution in [0.1, 0.15) is 25.5 Å². The molecule has 1 aromatic heterocycles. The van der Waals surface area contributed by atoms with Gasteiger partial charge < -0.3 is 14.8 Å². The number of carboxylic acids is 1. The summed E-state index contributed by atoms with van der Waals surface area (Å²) in [6, 6.07) is 4.76. The Labute approximate surface area is 109 Å². The van der Waals surface area contributed by atoms with E-state index in [-0.39, 0.29) is 6.04 Å². The monoisotopic (exact) mass is 264 g/mol. The standard InChI is InChI=1S/C13H16N2O4/c1-13(2,11(16)17)10(14-3)7-4-5-9-8(6-7)15-12(18)19-9/h4-6,10,14H,1-3H3,(H,15,18)(H,16,17). The van der Waals surface area contributed by atoms with Gasteiger partial charge in [-0.15, -0.1) is 0 Å². The lowest BCUT2D eigenvalue weighted by Crippen LogP contribution is -2.38. The largest absolute Gasteiger partial charge is 0.481 e. The Morgan fingerprint density at radius 1 is 1.47 bits per heavy atom. The molecule has 0 aliphatic rings. The summed E-state index contributed by atoms with van der Waals surface area (Å²) in [6.07, 6.45) is 0. The first-order valence-electron chi connectivity index (χ1n) is 5.89. The van der Waals surface area contributed by atoms with Crippen molar-refractivity contribution in [2.24, 2.45) is 5.41 Å². The molecule has 0 aliphatic carbocycles. The van der Waals surface area contributed by atoms with E-state index < -0.39 is 17.1 Å². The highest BCUT2D eigenvalue weighted by Gasteiger charge is 2.37. The number of carbonyl (C=O) groups is 1. The first kappa shape index (κ1) is 13.4. The molecule has 6 nitrogen and oxygen atoms in total. The van der Waals surface area contributed by atoms with E-state index in [0.29, 0.717) is 11.1 Å². The van der Waals surface area contributed by atoms with E-state index in [1.807, 2.05) is 0 Å². The van der Waals surface area contributed by atoms with Crippen molar-refractivity contribution in [1.29, 1.82) is 0 Å². The molecule has 3 N–H and O–H groups in total. The molecule has 0 bridgehead atoms. The molecule has 0 spiro atoms. The van der Waals surface area contributed by atoms with Crippen LogP contribution < -0.4 is 11.1 Å². The highest BCUT2D eigenvalue weighted by Crippen LogP contribution is 2.34. The number of aliphatic carboxylic acids is 1. The van der Waals surface area contributed by atoms with Crippen molar-refractivity contribution in [2.45, 2.75) is 19.9 Å². The van der Waals surface area contributed by atoms with Crippen molar-refractivity contribution in [3.8, 4) is 0 Å². The minimum Gasteiger partial charge on any atom is -0.481 e. The minimum atomic E-state index is -0.980. The summed E-state index contributed by atoms with van der Waals surface area (Å²) in [7, 11) is 1.71. The van der Waals surface area contributed by atoms with Crippen LogP contribution in [0.2, 0.25) is 0 Å². The molecule has 0 aliphatic heterocycles. The summed E-state index contributed by atoms with van der Waals surface area (Å²) < 4.78 is 4.92. The van der Waals surface area contributed by atoms with Crippen LogP contribution in [0.25, 0.3) is 11.1 Å². The van der Waals surface area contributed by atoms with Crippen molar-refractivity contribution in [2.75, 3.05) is 7.05 Å². The zero-order valence-electron chi connectivity index (χ0n) is 11.0. The van der Waals surface area contributed by atoms with E-state index in [1.165, 1.54) is 0 Å². The number of nitrogens with one attached hydrogen (secondary N) is 2. The lowest BCUT2D eigenvalue weighted by Gasteiger charge is -2.30. The first-order chi connectivity index (χ1) is 8.86. The first-order valence-corrected chi connectivity index (χ1v) is 5.89. The van der Waals surface area contributed by atoms with Crippen LogP contribution >= 0.6 is 0 Å². The molecule has 6 heteroatoms. The summed E-state index contributed by atoms with van der Waals surface area (Å²) in [5.74, 6) is -1.42. The summed E-state index contributed by atoms with van der Waals surface area (Å²) in [4.78, 5) is 25.0. The molecule has 102 valence electrons. The lowest BCUT2D eigenvalue weighted by molar-refractivity contribution is -0.148. The molecule has 0 amide bonds. The van der Waals surface area contributed by atoms with Crippen LogP contribution in [0, 0.1) is 5.41 Å². The normalized spacial score (nSPS) is 13.6. The number of aromatic nitrogens is 1. The van der Waals surface area contributed by atoms with E-state index in [2.05, 4.69) is 10.3 Å². The summed E-state index contributed by atoms with van der Waals surface area (Å²) >= 11 is 0. The zero-order chi connectivity index (χ0) is 14.2. The number of fused-ring (bicyclic) bond motifs is 1. The predicted molar refractivity (Wildman–Crippen MR) is 70.1 cm³/mol. The summed E-state index contributed by atoms with van der Waals surface area (Å²) in [5, 5.41) is 12.3. The molecular formula is C13H16N2O4. The quantitative estimate of drug-likeness (QED) is 0.777. The second kappa shape index (κ2) is 4.55. The van der Waals surface area contributed by atoms with Gasteiger partial charge in [0.05, 0.1) is 10.9 Å². The lowest BCUT2D eigenvalue weighted by atomic mass is 9.80. The molecule has 1 atom stereocenters. The number of hydrogen-bond donors (Lipinski definition) is 3. The van der Waals surface area contributed by atoms with Gasteiger partial charge in [-0.2, -0.15) is 0 Å². The number of carboxylic acid groups (broad SMARTS) is 1. The van der Waals surface area contributed by atoms with Gasteiger partial charge in [-0.25, -0.2) is 4.79 Å². The van der Waals surface area contributed by atoms with Gasteiger partial charge in [0.25, 0.3) is 0 Å². The van der Waals surface area contributed by atoms with E-state index >= 15 is 0 Å². The van der Waals surface area contributed by atoms with Crippen LogP contribution in [-0.4, -0.2) is 23.1 Å². The van der Waals surface area contributed by atoms with Gasteiger partial charge in [-0.3, -0.25) is 9.78 Å². The minimum absolute atomic E-state index is 0.382. The van der Waals surface area contributed by atoms with E-state index in [1.54, 1.807) is 39.1 Å². The van der Waals surface area contributed by atoms with Gasteiger partial charge in [0.15, 0.2) is 5.58 Å². The van der Waals surface area contributed by atoms with Crippen molar-refractivity contribution < 1.29 is 14.3 Å². The van der Waals surface area contributed by atoms with Gasteiger partial charge in [0.2, 0.25) is 0 Å². The number of oxazole rings is 1. The fourth-order valence-electron chi connectivity index (χ4n) is 2.22. The van der Waals surface area contributed by atoms with E-state index in [4.69, 9.17) is 4.42 Å². The molecule has 1 heterocycles. The highest BCUT2D eigenvalue weighted by molar-refractivity contribution is 5.77. The fraction of sp³-hybridized carbons (Fsp3) is 0.385. The molecule has 2 rings (SSSR count). The Hall–Kier alpha value is -2.08. The maximum absolute atomic E-state index is 11.3. The molecule has 1 unspecified atom stereocenters. The topological polar surface area (TPSA) is 95.3 Å². The molecular weight excluding hydrogens is 248 g/mol. The number of rotatable bonds is 4. The second-order valence-corrected chi connectivity index (χ2v) is 5.02. The van der Waals surface area contributed by atoms with Crippen molar-refractivity contribution >= 4 is 17.1 Å². The molecule has 0 radical (unpaired) electrons. The van der Waals surface area contributed by atoms with E-state index in [9.17, 15) is 14.7 Å².